The molecule has 0 radical (unpaired) electrons. The van der Waals surface area contributed by atoms with E-state index in [0.717, 1.165) is 10.0 Å². The Kier molecular flexibility index (Phi) is 6.11. The van der Waals surface area contributed by atoms with Gasteiger partial charge in [-0.25, -0.2) is 0 Å². The molecule has 0 bridgehead atoms. The summed E-state index contributed by atoms with van der Waals surface area (Å²) in [6.07, 6.45) is -4.21. The first-order chi connectivity index (χ1) is 9.52. The third-order valence-corrected chi connectivity index (χ3v) is 3.44. The molecule has 0 saturated carbocycles. The zero-order valence-electron chi connectivity index (χ0n) is 12.8. The Morgan fingerprint density at radius 3 is 2.29 bits per heavy atom. The summed E-state index contributed by atoms with van der Waals surface area (Å²) in [6, 6.07) is 5.38. The van der Waals surface area contributed by atoms with Gasteiger partial charge in [-0.2, -0.15) is 13.2 Å². The van der Waals surface area contributed by atoms with E-state index >= 15 is 0 Å². The molecule has 120 valence electrons. The average Bonchev–Trinajstić information content (AvgIpc) is 2.32. The van der Waals surface area contributed by atoms with Gasteiger partial charge >= 0.3 is 6.18 Å². The Morgan fingerprint density at radius 1 is 1.19 bits per heavy atom. The number of nitrogens with zero attached hydrogens (tertiary/aromatic N) is 1. The molecule has 1 aromatic carbocycles. The van der Waals surface area contributed by atoms with Crippen LogP contribution >= 0.6 is 15.9 Å². The summed E-state index contributed by atoms with van der Waals surface area (Å²) in [7, 11) is 0. The molecule has 1 aromatic rings. The van der Waals surface area contributed by atoms with Crippen molar-refractivity contribution in [3.63, 3.8) is 0 Å². The van der Waals surface area contributed by atoms with E-state index in [9.17, 15) is 13.2 Å². The van der Waals surface area contributed by atoms with Crippen LogP contribution in [-0.4, -0.2) is 24.8 Å². The molecule has 1 N–H and O–H groups in total. The van der Waals surface area contributed by atoms with Crippen molar-refractivity contribution in [2.24, 2.45) is 0 Å². The second-order valence-corrected chi connectivity index (χ2v) is 6.92. The molecule has 0 atom stereocenters. The van der Waals surface area contributed by atoms with Gasteiger partial charge in [0.25, 0.3) is 0 Å². The van der Waals surface area contributed by atoms with Gasteiger partial charge in [0.15, 0.2) is 0 Å². The molecular formula is C15H22BrF3N2. The Balaban J connectivity index is 3.04. The maximum atomic E-state index is 12.7. The molecule has 0 aliphatic heterocycles. The number of hydrogen-bond donors (Lipinski definition) is 1. The third-order valence-electron chi connectivity index (χ3n) is 2.94. The number of hydrogen-bond acceptors (Lipinski definition) is 2. The molecule has 0 aliphatic carbocycles. The van der Waals surface area contributed by atoms with Gasteiger partial charge in [-0.1, -0.05) is 15.9 Å². The topological polar surface area (TPSA) is 15.3 Å². The van der Waals surface area contributed by atoms with Crippen LogP contribution in [-0.2, 0) is 6.54 Å². The minimum Gasteiger partial charge on any atom is -0.363 e. The summed E-state index contributed by atoms with van der Waals surface area (Å²) in [4.78, 5) is 1.35. The summed E-state index contributed by atoms with van der Waals surface area (Å²) >= 11 is 3.38. The van der Waals surface area contributed by atoms with Crippen molar-refractivity contribution in [1.82, 2.24) is 5.32 Å². The number of nitrogens with one attached hydrogen (secondary N) is 1. The fourth-order valence-corrected chi connectivity index (χ4v) is 2.36. The lowest BCUT2D eigenvalue weighted by atomic mass is 10.1. The molecule has 0 spiro atoms. The zero-order valence-corrected chi connectivity index (χ0v) is 14.4. The number of rotatable bonds is 5. The zero-order chi connectivity index (χ0) is 16.3. The standard InChI is InChI=1S/C15H22BrF3N2/c1-5-21(10-15(17,18)19)13-7-6-12(16)8-11(13)9-20-14(2,3)4/h6-8,20H,5,9-10H2,1-4H3. The van der Waals surface area contributed by atoms with Crippen molar-refractivity contribution < 1.29 is 13.2 Å². The smallest absolute Gasteiger partial charge is 0.363 e. The van der Waals surface area contributed by atoms with E-state index in [0.29, 0.717) is 18.8 Å². The molecule has 6 heteroatoms. The van der Waals surface area contributed by atoms with Crippen LogP contribution in [0.1, 0.15) is 33.3 Å². The van der Waals surface area contributed by atoms with Gasteiger partial charge in [-0.05, 0) is 51.5 Å². The summed E-state index contributed by atoms with van der Waals surface area (Å²) in [5, 5.41) is 3.32. The van der Waals surface area contributed by atoms with Gasteiger partial charge in [0.2, 0.25) is 0 Å². The number of halogens is 4. The Morgan fingerprint density at radius 2 is 1.81 bits per heavy atom. The second kappa shape index (κ2) is 7.01. The van der Waals surface area contributed by atoms with Gasteiger partial charge in [0, 0.05) is 28.8 Å². The summed E-state index contributed by atoms with van der Waals surface area (Å²) in [5.41, 5.74) is 1.38. The Hall–Kier alpha value is -0.750. The normalized spacial score (nSPS) is 12.6. The van der Waals surface area contributed by atoms with Crippen LogP contribution in [0.2, 0.25) is 0 Å². The number of benzene rings is 1. The monoisotopic (exact) mass is 366 g/mol. The first kappa shape index (κ1) is 18.3. The van der Waals surface area contributed by atoms with Crippen molar-refractivity contribution in [2.45, 2.75) is 46.0 Å². The molecule has 1 rings (SSSR count). The lowest BCUT2D eigenvalue weighted by Crippen LogP contribution is -2.37. The quantitative estimate of drug-likeness (QED) is 0.810. The molecule has 0 aliphatic rings. The largest absolute Gasteiger partial charge is 0.405 e. The average molecular weight is 367 g/mol. The lowest BCUT2D eigenvalue weighted by Gasteiger charge is -2.28. The SMILES string of the molecule is CCN(CC(F)(F)F)c1ccc(Br)cc1CNC(C)(C)C. The minimum absolute atomic E-state index is 0.0966. The molecular weight excluding hydrogens is 345 g/mol. The Labute approximate surface area is 132 Å². The molecule has 0 saturated heterocycles. The highest BCUT2D eigenvalue weighted by Crippen LogP contribution is 2.28. The molecule has 21 heavy (non-hydrogen) atoms. The fourth-order valence-electron chi connectivity index (χ4n) is 1.95. The highest BCUT2D eigenvalue weighted by Gasteiger charge is 2.31. The predicted molar refractivity (Wildman–Crippen MR) is 84.7 cm³/mol. The van der Waals surface area contributed by atoms with Crippen molar-refractivity contribution >= 4 is 21.6 Å². The van der Waals surface area contributed by atoms with Crippen LogP contribution in [0.5, 0.6) is 0 Å². The lowest BCUT2D eigenvalue weighted by molar-refractivity contribution is -0.119. The van der Waals surface area contributed by atoms with E-state index in [1.54, 1.807) is 19.1 Å². The van der Waals surface area contributed by atoms with Gasteiger partial charge < -0.3 is 10.2 Å². The maximum Gasteiger partial charge on any atom is 0.405 e. The molecule has 0 aromatic heterocycles. The molecule has 0 unspecified atom stereocenters. The van der Waals surface area contributed by atoms with Crippen LogP contribution in [0.25, 0.3) is 0 Å². The highest BCUT2D eigenvalue weighted by molar-refractivity contribution is 9.10. The van der Waals surface area contributed by atoms with Crippen LogP contribution in [0.4, 0.5) is 18.9 Å². The van der Waals surface area contributed by atoms with Gasteiger partial charge in [-0.3, -0.25) is 0 Å². The van der Waals surface area contributed by atoms with E-state index in [2.05, 4.69) is 21.2 Å². The summed E-state index contributed by atoms with van der Waals surface area (Å²) < 4.78 is 39.0. The minimum atomic E-state index is -4.21. The van der Waals surface area contributed by atoms with E-state index in [-0.39, 0.29) is 5.54 Å². The molecule has 0 amide bonds. The van der Waals surface area contributed by atoms with Crippen LogP contribution in [0.15, 0.2) is 22.7 Å². The predicted octanol–water partition coefficient (Wildman–Crippen LogP) is 4.73. The summed E-state index contributed by atoms with van der Waals surface area (Å²) in [6.45, 7) is 7.70. The fraction of sp³-hybridized carbons (Fsp3) is 0.600. The highest BCUT2D eigenvalue weighted by atomic mass is 79.9. The van der Waals surface area contributed by atoms with Crippen LogP contribution < -0.4 is 10.2 Å². The van der Waals surface area contributed by atoms with Gasteiger partial charge in [0.1, 0.15) is 6.54 Å². The van der Waals surface area contributed by atoms with E-state index in [1.165, 1.54) is 4.90 Å². The van der Waals surface area contributed by atoms with Gasteiger partial charge in [0.05, 0.1) is 0 Å². The molecule has 2 nitrogen and oxygen atoms in total. The molecule has 0 fully saturated rings. The van der Waals surface area contributed by atoms with E-state index < -0.39 is 12.7 Å². The van der Waals surface area contributed by atoms with E-state index in [1.807, 2.05) is 26.8 Å². The maximum absolute atomic E-state index is 12.7. The van der Waals surface area contributed by atoms with Crippen LogP contribution in [0, 0.1) is 0 Å². The van der Waals surface area contributed by atoms with E-state index in [4.69, 9.17) is 0 Å². The second-order valence-electron chi connectivity index (χ2n) is 6.01. The summed E-state index contributed by atoms with van der Waals surface area (Å²) in [5.74, 6) is 0. The van der Waals surface area contributed by atoms with Gasteiger partial charge in [-0.15, -0.1) is 0 Å². The first-order valence-corrected chi connectivity index (χ1v) is 7.66. The number of anilines is 1. The van der Waals surface area contributed by atoms with Crippen molar-refractivity contribution in [1.29, 1.82) is 0 Å². The number of alkyl halides is 3. The van der Waals surface area contributed by atoms with Crippen molar-refractivity contribution in [3.05, 3.63) is 28.2 Å². The molecule has 0 heterocycles. The Bertz CT molecular complexity index is 467. The first-order valence-electron chi connectivity index (χ1n) is 6.87. The van der Waals surface area contributed by atoms with Crippen molar-refractivity contribution in [3.8, 4) is 0 Å². The third kappa shape index (κ3) is 6.70. The van der Waals surface area contributed by atoms with Crippen molar-refractivity contribution in [2.75, 3.05) is 18.0 Å². The van der Waals surface area contributed by atoms with Crippen LogP contribution in [0.3, 0.4) is 0 Å².